The summed E-state index contributed by atoms with van der Waals surface area (Å²) in [5, 5.41) is 4.59. The Morgan fingerprint density at radius 2 is 1.72 bits per heavy atom. The number of carbonyl (C=O) groups excluding carboxylic acids is 2. The number of aromatic nitrogens is 2. The number of aryl methyl sites for hydroxylation is 3. The second kappa shape index (κ2) is 14.8. The van der Waals surface area contributed by atoms with Crippen molar-refractivity contribution in [2.45, 2.75) is 33.2 Å². The quantitative estimate of drug-likeness (QED) is 0.0949. The number of hydrogen-bond donors (Lipinski definition) is 2. The third kappa shape index (κ3) is 8.62. The first-order valence-electron chi connectivity index (χ1n) is 15.0. The minimum absolute atomic E-state index is 0.174. The van der Waals surface area contributed by atoms with E-state index in [-0.39, 0.29) is 18.1 Å². The lowest BCUT2D eigenvalue weighted by Gasteiger charge is -2.11. The van der Waals surface area contributed by atoms with Crippen molar-refractivity contribution in [2.75, 3.05) is 24.7 Å². The number of sulfone groups is 1. The van der Waals surface area contributed by atoms with E-state index < -0.39 is 33.0 Å². The van der Waals surface area contributed by atoms with Gasteiger partial charge in [0.05, 0.1) is 18.1 Å². The summed E-state index contributed by atoms with van der Waals surface area (Å²) in [7, 11) is -3.88. The largest absolute Gasteiger partial charge is 0.494 e. The molecular weight excluding hydrogens is 664 g/mol. The van der Waals surface area contributed by atoms with Gasteiger partial charge < -0.3 is 19.6 Å². The molecule has 2 N–H and O–H groups in total. The molecule has 2 aromatic heterocycles. The summed E-state index contributed by atoms with van der Waals surface area (Å²) in [6.45, 7) is 4.37. The maximum Gasteiger partial charge on any atom is 0.267 e. The zero-order valence-corrected chi connectivity index (χ0v) is 28.2. The van der Waals surface area contributed by atoms with Gasteiger partial charge in [-0.05, 0) is 97.5 Å². The number of carbonyl (C=O) groups is 2. The zero-order chi connectivity index (χ0) is 33.7. The normalized spacial score (nSPS) is 11.6. The molecule has 5 rings (SSSR count). The fraction of sp³-hybridized carbons (Fsp3) is 0.257. The highest BCUT2D eigenvalue weighted by Gasteiger charge is 2.24. The van der Waals surface area contributed by atoms with Crippen LogP contribution in [0.15, 0.2) is 72.9 Å². The predicted molar refractivity (Wildman–Crippen MR) is 183 cm³/mol. The van der Waals surface area contributed by atoms with E-state index in [1.165, 1.54) is 12.1 Å². The first kappa shape index (κ1) is 34.2. The van der Waals surface area contributed by atoms with Crippen LogP contribution in [0.3, 0.4) is 0 Å². The van der Waals surface area contributed by atoms with Crippen LogP contribution in [0.5, 0.6) is 5.75 Å². The number of aromatic amines is 1. The maximum atomic E-state index is 13.4. The topological polar surface area (TPSA) is 110 Å². The number of benzene rings is 3. The van der Waals surface area contributed by atoms with Crippen LogP contribution in [0.1, 0.15) is 49.7 Å². The molecule has 3 aromatic carbocycles. The van der Waals surface area contributed by atoms with Gasteiger partial charge >= 0.3 is 0 Å². The highest BCUT2D eigenvalue weighted by molar-refractivity contribution is 7.92. The zero-order valence-electron chi connectivity index (χ0n) is 25.9. The molecule has 0 bridgehead atoms. The summed E-state index contributed by atoms with van der Waals surface area (Å²) in [6, 6.07) is 18.2. The van der Waals surface area contributed by atoms with Gasteiger partial charge in [-0.25, -0.2) is 12.8 Å². The van der Waals surface area contributed by atoms with Crippen LogP contribution in [0, 0.1) is 19.7 Å². The Kier molecular flexibility index (Phi) is 10.7. The van der Waals surface area contributed by atoms with Crippen LogP contribution in [0.25, 0.3) is 10.9 Å². The van der Waals surface area contributed by atoms with Crippen LogP contribution in [0.4, 0.5) is 4.39 Å². The van der Waals surface area contributed by atoms with Crippen molar-refractivity contribution < 1.29 is 27.1 Å². The number of nitrogens with one attached hydrogen (secondary N) is 2. The average Bonchev–Trinajstić information content (AvgIpc) is 3.63. The third-order valence-electron chi connectivity index (χ3n) is 7.77. The van der Waals surface area contributed by atoms with Crippen molar-refractivity contribution >= 4 is 55.6 Å². The van der Waals surface area contributed by atoms with Crippen molar-refractivity contribution in [2.24, 2.45) is 0 Å². The number of ether oxygens (including phenoxy) is 1. The van der Waals surface area contributed by atoms with Crippen molar-refractivity contribution in [1.29, 1.82) is 0 Å². The van der Waals surface area contributed by atoms with Crippen LogP contribution in [-0.4, -0.2) is 54.3 Å². The molecule has 47 heavy (non-hydrogen) atoms. The van der Waals surface area contributed by atoms with Gasteiger partial charge in [0.25, 0.3) is 5.91 Å². The molecule has 0 aliphatic heterocycles. The maximum absolute atomic E-state index is 13.4. The number of rotatable bonds is 14. The van der Waals surface area contributed by atoms with E-state index in [2.05, 4.69) is 10.3 Å². The van der Waals surface area contributed by atoms with Crippen molar-refractivity contribution in [1.82, 2.24) is 14.9 Å². The summed E-state index contributed by atoms with van der Waals surface area (Å²) >= 11 is 12.5. The van der Waals surface area contributed by atoms with Crippen LogP contribution >= 0.6 is 23.2 Å². The molecule has 5 aromatic rings. The molecule has 1 amide bonds. The summed E-state index contributed by atoms with van der Waals surface area (Å²) in [5.41, 5.74) is 4.51. The molecule has 0 saturated carbocycles. The van der Waals surface area contributed by atoms with Gasteiger partial charge in [-0.15, -0.1) is 0 Å². The van der Waals surface area contributed by atoms with Crippen LogP contribution in [0.2, 0.25) is 10.0 Å². The van der Waals surface area contributed by atoms with Gasteiger partial charge in [-0.1, -0.05) is 41.4 Å². The number of fused-ring (bicyclic) bond motifs is 1. The molecule has 2 heterocycles. The number of Topliss-reactive ketones (excluding diaryl/α,β-unsaturated/α-hetero) is 1. The molecule has 8 nitrogen and oxygen atoms in total. The summed E-state index contributed by atoms with van der Waals surface area (Å²) in [6.07, 6.45) is 2.74. The summed E-state index contributed by atoms with van der Waals surface area (Å²) in [5.74, 6) is -1.83. The third-order valence-corrected chi connectivity index (χ3v) is 10.1. The number of amides is 1. The van der Waals surface area contributed by atoms with Gasteiger partial charge in [0.1, 0.15) is 23.0 Å². The number of ketones is 1. The van der Waals surface area contributed by atoms with Crippen LogP contribution < -0.4 is 10.1 Å². The molecule has 12 heteroatoms. The molecular formula is C35H34Cl2FN3O5S. The fourth-order valence-electron chi connectivity index (χ4n) is 5.45. The lowest BCUT2D eigenvalue weighted by atomic mass is 10.0. The molecule has 0 saturated heterocycles. The van der Waals surface area contributed by atoms with Crippen molar-refractivity contribution in [3.63, 3.8) is 0 Å². The monoisotopic (exact) mass is 697 g/mol. The number of nitrogens with zero attached hydrogens (tertiary/aromatic N) is 1. The van der Waals surface area contributed by atoms with E-state index in [1.54, 1.807) is 47.2 Å². The number of halogens is 3. The number of hydrogen-bond acceptors (Lipinski definition) is 5. The molecule has 0 aliphatic carbocycles. The van der Waals surface area contributed by atoms with Gasteiger partial charge in [0.2, 0.25) is 0 Å². The SMILES string of the molecule is Cc1cc(OCCCc2c(C(=O)CS(=O)(=O)CCNC(=O)c3cccn3Cc3ccc(F)cc3)[nH]c3cc(Cl)ccc23)cc(C)c1Cl. The minimum Gasteiger partial charge on any atom is -0.494 e. The van der Waals surface area contributed by atoms with E-state index in [1.807, 2.05) is 32.0 Å². The van der Waals surface area contributed by atoms with E-state index in [9.17, 15) is 22.4 Å². The van der Waals surface area contributed by atoms with E-state index in [4.69, 9.17) is 27.9 Å². The Bertz CT molecular complexity index is 2010. The van der Waals surface area contributed by atoms with Gasteiger partial charge in [0.15, 0.2) is 15.6 Å². The highest BCUT2D eigenvalue weighted by Crippen LogP contribution is 2.29. The Morgan fingerprint density at radius 3 is 2.45 bits per heavy atom. The van der Waals surface area contributed by atoms with Gasteiger partial charge in [0, 0.05) is 40.2 Å². The number of H-pyrrole nitrogens is 1. The second-order valence-electron chi connectivity index (χ2n) is 11.4. The molecule has 0 spiro atoms. The molecule has 246 valence electrons. The van der Waals surface area contributed by atoms with Crippen molar-refractivity contribution in [3.05, 3.63) is 122 Å². The van der Waals surface area contributed by atoms with E-state index in [0.717, 1.165) is 22.1 Å². The minimum atomic E-state index is -3.88. The highest BCUT2D eigenvalue weighted by atomic mass is 35.5. The van der Waals surface area contributed by atoms with E-state index >= 15 is 0 Å². The summed E-state index contributed by atoms with van der Waals surface area (Å²) < 4.78 is 46.9. The van der Waals surface area contributed by atoms with Crippen molar-refractivity contribution in [3.8, 4) is 5.75 Å². The fourth-order valence-corrected chi connectivity index (χ4v) is 6.84. The Balaban J connectivity index is 1.20. The molecule has 0 aliphatic rings. The molecule has 0 unspecified atom stereocenters. The standard InChI is InChI=1S/C35H34Cl2FN3O5S/c1-22-17-27(18-23(2)33(22)37)46-15-4-5-29-28-12-9-25(36)19-30(28)40-34(29)32(42)21-47(44,45)16-13-39-35(43)31-6-3-14-41(31)20-24-7-10-26(38)11-8-24/h3,6-12,14,17-19,40H,4-5,13,15-16,20-21H2,1-2H3,(H,39,43). The Labute approximate surface area is 282 Å². The smallest absolute Gasteiger partial charge is 0.267 e. The first-order valence-corrected chi connectivity index (χ1v) is 17.6. The Morgan fingerprint density at radius 1 is 1.00 bits per heavy atom. The van der Waals surface area contributed by atoms with E-state index in [0.29, 0.717) is 58.6 Å². The lowest BCUT2D eigenvalue weighted by molar-refractivity contribution is 0.0946. The average molecular weight is 699 g/mol. The van der Waals surface area contributed by atoms with Gasteiger partial charge in [-0.2, -0.15) is 0 Å². The van der Waals surface area contributed by atoms with Gasteiger partial charge in [-0.3, -0.25) is 9.59 Å². The Hall–Kier alpha value is -4.12. The molecule has 0 radical (unpaired) electrons. The lowest BCUT2D eigenvalue weighted by Crippen LogP contribution is -2.32. The molecule has 0 atom stereocenters. The predicted octanol–water partition coefficient (Wildman–Crippen LogP) is 7.12. The van der Waals surface area contributed by atoms with Crippen LogP contribution in [-0.2, 0) is 22.8 Å². The second-order valence-corrected chi connectivity index (χ2v) is 14.4. The first-order chi connectivity index (χ1) is 22.4. The summed E-state index contributed by atoms with van der Waals surface area (Å²) in [4.78, 5) is 29.4. The molecule has 0 fully saturated rings.